The maximum atomic E-state index is 9.50. The van der Waals surface area contributed by atoms with E-state index in [2.05, 4.69) is 9.97 Å². The predicted molar refractivity (Wildman–Crippen MR) is 75.5 cm³/mol. The summed E-state index contributed by atoms with van der Waals surface area (Å²) < 4.78 is 0. The number of hydrogen-bond acceptors (Lipinski definition) is 5. The summed E-state index contributed by atoms with van der Waals surface area (Å²) in [6.45, 7) is 0. The molecule has 2 aromatic heterocycles. The minimum Gasteiger partial charge on any atom is -0.508 e. The zero-order chi connectivity index (χ0) is 13.4. The van der Waals surface area contributed by atoms with E-state index in [-0.39, 0.29) is 5.75 Å². The zero-order valence-corrected chi connectivity index (χ0v) is 10.0. The van der Waals surface area contributed by atoms with Gasteiger partial charge in [-0.1, -0.05) is 12.1 Å². The normalized spacial score (nSPS) is 10.7. The molecule has 0 atom stereocenters. The second-order valence-corrected chi connectivity index (χ2v) is 4.27. The smallest absolute Gasteiger partial charge is 0.133 e. The average molecular weight is 252 g/mol. The van der Waals surface area contributed by atoms with Crippen LogP contribution in [0.15, 0.2) is 42.6 Å². The second kappa shape index (κ2) is 4.13. The fourth-order valence-electron chi connectivity index (χ4n) is 2.02. The largest absolute Gasteiger partial charge is 0.508 e. The van der Waals surface area contributed by atoms with E-state index in [9.17, 15) is 5.11 Å². The van der Waals surface area contributed by atoms with E-state index in [1.54, 1.807) is 30.5 Å². The number of hydrogen-bond donors (Lipinski definition) is 3. The van der Waals surface area contributed by atoms with Crippen molar-refractivity contribution in [2.45, 2.75) is 0 Å². The third-order valence-corrected chi connectivity index (χ3v) is 2.91. The first-order valence-electron chi connectivity index (χ1n) is 5.74. The standard InChI is InChI=1S/C14H12N4O/c15-13-5-9-7-17-12(6-11(9)14(16)18-13)8-2-1-3-10(19)4-8/h1-7,19H,(H4,15,16,18). The fourth-order valence-corrected chi connectivity index (χ4v) is 2.02. The molecule has 0 fully saturated rings. The zero-order valence-electron chi connectivity index (χ0n) is 10.0. The van der Waals surface area contributed by atoms with Gasteiger partial charge in [0.1, 0.15) is 17.4 Å². The summed E-state index contributed by atoms with van der Waals surface area (Å²) in [6, 6.07) is 10.5. The lowest BCUT2D eigenvalue weighted by Crippen LogP contribution is -1.97. The Morgan fingerprint density at radius 2 is 1.89 bits per heavy atom. The van der Waals surface area contributed by atoms with Gasteiger partial charge in [-0.05, 0) is 24.3 Å². The summed E-state index contributed by atoms with van der Waals surface area (Å²) in [7, 11) is 0. The number of phenols is 1. The quantitative estimate of drug-likeness (QED) is 0.616. The van der Waals surface area contributed by atoms with Crippen molar-refractivity contribution in [2.75, 3.05) is 11.5 Å². The lowest BCUT2D eigenvalue weighted by atomic mass is 10.1. The fraction of sp³-hybridized carbons (Fsp3) is 0. The van der Waals surface area contributed by atoms with Gasteiger partial charge in [-0.2, -0.15) is 0 Å². The van der Waals surface area contributed by atoms with Gasteiger partial charge in [0.15, 0.2) is 0 Å². The average Bonchev–Trinajstić information content (AvgIpc) is 2.38. The Morgan fingerprint density at radius 1 is 1.05 bits per heavy atom. The molecular formula is C14H12N4O. The molecule has 0 saturated carbocycles. The summed E-state index contributed by atoms with van der Waals surface area (Å²) in [5, 5.41) is 11.1. The number of rotatable bonds is 1. The van der Waals surface area contributed by atoms with Crippen molar-refractivity contribution in [3.63, 3.8) is 0 Å². The highest BCUT2D eigenvalue weighted by Gasteiger charge is 2.06. The Morgan fingerprint density at radius 3 is 2.68 bits per heavy atom. The number of nitrogens with two attached hydrogens (primary N) is 2. The molecule has 5 N–H and O–H groups in total. The Kier molecular flexibility index (Phi) is 2.45. The van der Waals surface area contributed by atoms with Crippen molar-refractivity contribution < 1.29 is 5.11 Å². The van der Waals surface area contributed by atoms with E-state index < -0.39 is 0 Å². The molecule has 2 heterocycles. The molecule has 0 saturated heterocycles. The molecule has 0 aliphatic rings. The molecule has 1 aromatic carbocycles. The van der Waals surface area contributed by atoms with E-state index in [1.807, 2.05) is 12.1 Å². The number of fused-ring (bicyclic) bond motifs is 1. The molecule has 0 aliphatic carbocycles. The lowest BCUT2D eigenvalue weighted by Gasteiger charge is -2.06. The highest BCUT2D eigenvalue weighted by Crippen LogP contribution is 2.27. The van der Waals surface area contributed by atoms with E-state index in [0.717, 1.165) is 22.0 Å². The number of nitrogens with zero attached hydrogens (tertiary/aromatic N) is 2. The van der Waals surface area contributed by atoms with Gasteiger partial charge >= 0.3 is 0 Å². The van der Waals surface area contributed by atoms with Crippen LogP contribution in [0.1, 0.15) is 0 Å². The van der Waals surface area contributed by atoms with Crippen LogP contribution in [0, 0.1) is 0 Å². The Hall–Kier alpha value is -2.82. The summed E-state index contributed by atoms with van der Waals surface area (Å²) >= 11 is 0. The number of aromatic hydroxyl groups is 1. The molecule has 94 valence electrons. The maximum absolute atomic E-state index is 9.50. The van der Waals surface area contributed by atoms with Crippen molar-refractivity contribution in [2.24, 2.45) is 0 Å². The molecule has 19 heavy (non-hydrogen) atoms. The molecular weight excluding hydrogens is 240 g/mol. The molecule has 3 rings (SSSR count). The Balaban J connectivity index is 2.22. The van der Waals surface area contributed by atoms with Crippen LogP contribution in [0.5, 0.6) is 5.75 Å². The molecule has 5 heteroatoms. The molecule has 0 aliphatic heterocycles. The van der Waals surface area contributed by atoms with Gasteiger partial charge in [0.25, 0.3) is 0 Å². The molecule has 0 amide bonds. The van der Waals surface area contributed by atoms with E-state index in [4.69, 9.17) is 11.5 Å². The van der Waals surface area contributed by atoms with Gasteiger partial charge < -0.3 is 16.6 Å². The van der Waals surface area contributed by atoms with Crippen LogP contribution in [-0.4, -0.2) is 15.1 Å². The van der Waals surface area contributed by atoms with Crippen molar-refractivity contribution in [3.05, 3.63) is 42.6 Å². The molecule has 3 aromatic rings. The van der Waals surface area contributed by atoms with E-state index in [1.165, 1.54) is 0 Å². The molecule has 0 unspecified atom stereocenters. The number of anilines is 2. The first-order valence-corrected chi connectivity index (χ1v) is 5.74. The van der Waals surface area contributed by atoms with E-state index >= 15 is 0 Å². The van der Waals surface area contributed by atoms with Crippen molar-refractivity contribution in [3.8, 4) is 17.0 Å². The van der Waals surface area contributed by atoms with Gasteiger partial charge in [-0.15, -0.1) is 0 Å². The van der Waals surface area contributed by atoms with Crippen LogP contribution in [0.2, 0.25) is 0 Å². The molecule has 0 bridgehead atoms. The first-order chi connectivity index (χ1) is 9.13. The number of nitrogen functional groups attached to an aromatic ring is 2. The highest BCUT2D eigenvalue weighted by atomic mass is 16.3. The summed E-state index contributed by atoms with van der Waals surface area (Å²) in [4.78, 5) is 8.38. The number of phenolic OH excluding ortho intramolecular Hbond substituents is 1. The van der Waals surface area contributed by atoms with E-state index in [0.29, 0.717) is 11.6 Å². The summed E-state index contributed by atoms with van der Waals surface area (Å²) in [5.74, 6) is 0.943. The Labute approximate surface area is 109 Å². The van der Waals surface area contributed by atoms with Crippen molar-refractivity contribution >= 4 is 22.4 Å². The Bertz CT molecular complexity index is 770. The van der Waals surface area contributed by atoms with Gasteiger partial charge in [0.05, 0.1) is 5.69 Å². The number of benzene rings is 1. The van der Waals surface area contributed by atoms with Gasteiger partial charge in [0, 0.05) is 22.5 Å². The minimum atomic E-state index is 0.197. The van der Waals surface area contributed by atoms with Crippen LogP contribution in [-0.2, 0) is 0 Å². The summed E-state index contributed by atoms with van der Waals surface area (Å²) in [6.07, 6.45) is 1.70. The first kappa shape index (κ1) is 11.3. The van der Waals surface area contributed by atoms with Gasteiger partial charge in [-0.25, -0.2) is 4.98 Å². The highest BCUT2D eigenvalue weighted by molar-refractivity contribution is 5.94. The molecule has 0 spiro atoms. The van der Waals surface area contributed by atoms with Crippen LogP contribution in [0.3, 0.4) is 0 Å². The predicted octanol–water partition coefficient (Wildman–Crippen LogP) is 2.17. The third kappa shape index (κ3) is 2.01. The number of aromatic nitrogens is 2. The van der Waals surface area contributed by atoms with Gasteiger partial charge in [0.2, 0.25) is 0 Å². The minimum absolute atomic E-state index is 0.197. The van der Waals surface area contributed by atoms with Crippen LogP contribution >= 0.6 is 0 Å². The third-order valence-electron chi connectivity index (χ3n) is 2.91. The van der Waals surface area contributed by atoms with Crippen LogP contribution in [0.4, 0.5) is 11.6 Å². The summed E-state index contributed by atoms with van der Waals surface area (Å²) in [5.41, 5.74) is 13.0. The topological polar surface area (TPSA) is 98.0 Å². The van der Waals surface area contributed by atoms with Crippen LogP contribution in [0.25, 0.3) is 22.0 Å². The monoisotopic (exact) mass is 252 g/mol. The number of pyridine rings is 2. The second-order valence-electron chi connectivity index (χ2n) is 4.27. The van der Waals surface area contributed by atoms with Crippen LogP contribution < -0.4 is 11.5 Å². The van der Waals surface area contributed by atoms with Crippen molar-refractivity contribution in [1.29, 1.82) is 0 Å². The molecule has 5 nitrogen and oxygen atoms in total. The van der Waals surface area contributed by atoms with Gasteiger partial charge in [-0.3, -0.25) is 4.98 Å². The van der Waals surface area contributed by atoms with Crippen molar-refractivity contribution in [1.82, 2.24) is 9.97 Å². The lowest BCUT2D eigenvalue weighted by molar-refractivity contribution is 0.475. The SMILES string of the molecule is Nc1cc2cnc(-c3cccc(O)c3)cc2c(N)n1. The molecule has 0 radical (unpaired) electrons. The maximum Gasteiger partial charge on any atom is 0.133 e.